The zero-order chi connectivity index (χ0) is 12.7. The quantitative estimate of drug-likeness (QED) is 0.315. The van der Waals surface area contributed by atoms with Crippen LogP contribution in [0.2, 0.25) is 0 Å². The number of halogens is 2. The van der Waals surface area contributed by atoms with Crippen LogP contribution >= 0.6 is 0 Å². The van der Waals surface area contributed by atoms with Crippen LogP contribution in [0, 0.1) is 32.9 Å². The number of hydrogen-bond donors (Lipinski definition) is 0. The average molecular weight is 453 g/mol. The molecule has 1 unspecified atom stereocenters. The molecule has 0 radical (unpaired) electrons. The molecule has 2 rings (SSSR count). The van der Waals surface area contributed by atoms with Gasteiger partial charge in [-0.2, -0.15) is 17.2 Å². The summed E-state index contributed by atoms with van der Waals surface area (Å²) in [5.41, 5.74) is 4.25. The van der Waals surface area contributed by atoms with Crippen LogP contribution in [0.1, 0.15) is 53.4 Å². The van der Waals surface area contributed by atoms with Crippen LogP contribution in [0.4, 0.5) is 0 Å². The summed E-state index contributed by atoms with van der Waals surface area (Å²) in [7, 11) is 0. The molecule has 0 amide bonds. The van der Waals surface area contributed by atoms with Crippen molar-refractivity contribution in [1.82, 2.24) is 0 Å². The first kappa shape index (κ1) is 38.9. The van der Waals surface area contributed by atoms with Crippen LogP contribution in [-0.4, -0.2) is 11.0 Å². The summed E-state index contributed by atoms with van der Waals surface area (Å²) in [5.74, 6) is 0.560. The zero-order valence-corrected chi connectivity index (χ0v) is 18.9. The van der Waals surface area contributed by atoms with E-state index in [1.54, 1.807) is 0 Å². The second-order valence-corrected chi connectivity index (χ2v) is 4.84. The fourth-order valence-electron chi connectivity index (χ4n) is 1.97. The molecule has 0 fully saturated rings. The van der Waals surface area contributed by atoms with Gasteiger partial charge in [0.2, 0.25) is 0 Å². The SMILES string of the molecule is CC1=[C-]C(C)C(C)=C1C.[C-]1=C/C=C\CCCC1.[CH3-].[CH3-].[Cl-].[Cl-].[SiH4].[Zr+2]. The van der Waals surface area contributed by atoms with Gasteiger partial charge >= 0.3 is 26.2 Å². The Labute approximate surface area is 182 Å². The van der Waals surface area contributed by atoms with Crippen molar-refractivity contribution < 1.29 is 51.0 Å². The van der Waals surface area contributed by atoms with Gasteiger partial charge in [0.25, 0.3) is 0 Å². The van der Waals surface area contributed by atoms with Crippen LogP contribution in [0.15, 0.2) is 34.9 Å². The third-order valence-electron chi connectivity index (χ3n) is 3.53. The predicted octanol–water partition coefficient (Wildman–Crippen LogP) is -1.35. The minimum Gasteiger partial charge on any atom is -1.00 e. The van der Waals surface area contributed by atoms with E-state index < -0.39 is 0 Å². The zero-order valence-electron chi connectivity index (χ0n) is 14.9. The maximum atomic E-state index is 3.36. The Balaban J connectivity index is -0.0000000500. The fraction of sp³-hybridized carbons (Fsp3) is 0.474. The van der Waals surface area contributed by atoms with Crippen molar-refractivity contribution in [3.8, 4) is 0 Å². The Hall–Kier alpha value is 0.640. The molecule has 2 aliphatic carbocycles. The first-order valence-corrected chi connectivity index (χ1v) is 6.62. The predicted molar refractivity (Wildman–Crippen MR) is 99.6 cm³/mol. The number of rotatable bonds is 0. The summed E-state index contributed by atoms with van der Waals surface area (Å²) in [5, 5.41) is 0. The fourth-order valence-corrected chi connectivity index (χ4v) is 1.97. The van der Waals surface area contributed by atoms with Gasteiger partial charge in [-0.05, 0) is 11.0 Å². The normalized spacial score (nSPS) is 19.0. The number of hydrogen-bond acceptors (Lipinski definition) is 0. The van der Waals surface area contributed by atoms with Gasteiger partial charge in [0.05, 0.1) is 0 Å². The number of allylic oxidation sites excluding steroid dienone is 8. The van der Waals surface area contributed by atoms with E-state index >= 15 is 0 Å². The van der Waals surface area contributed by atoms with Crippen molar-refractivity contribution in [3.05, 3.63) is 62.0 Å². The minimum atomic E-state index is 0. The largest absolute Gasteiger partial charge is 2.00 e. The molecule has 0 spiro atoms. The van der Waals surface area contributed by atoms with Gasteiger partial charge in [0.15, 0.2) is 0 Å². The minimum absolute atomic E-state index is 0. The van der Waals surface area contributed by atoms with Crippen LogP contribution in [-0.2, 0) is 26.2 Å². The molecule has 4 heteroatoms. The summed E-state index contributed by atoms with van der Waals surface area (Å²) in [6.45, 7) is 8.67. The Morgan fingerprint density at radius 2 is 1.61 bits per heavy atom. The van der Waals surface area contributed by atoms with E-state index in [4.69, 9.17) is 0 Å². The van der Waals surface area contributed by atoms with Crippen molar-refractivity contribution in [1.29, 1.82) is 0 Å². The molecule has 0 aromatic heterocycles. The molecule has 0 N–H and O–H groups in total. The van der Waals surface area contributed by atoms with Gasteiger partial charge in [0.1, 0.15) is 0 Å². The van der Waals surface area contributed by atoms with Crippen molar-refractivity contribution in [2.75, 3.05) is 0 Å². The van der Waals surface area contributed by atoms with Gasteiger partial charge in [-0.25, -0.2) is 17.7 Å². The van der Waals surface area contributed by atoms with Gasteiger partial charge in [-0.15, -0.1) is 13.3 Å². The molecule has 0 aliphatic heterocycles. The van der Waals surface area contributed by atoms with E-state index in [9.17, 15) is 0 Å². The van der Waals surface area contributed by atoms with Crippen molar-refractivity contribution in [2.24, 2.45) is 5.92 Å². The summed E-state index contributed by atoms with van der Waals surface area (Å²) in [4.78, 5) is 0. The van der Waals surface area contributed by atoms with Gasteiger partial charge in [-0.1, -0.05) is 46.0 Å². The molecule has 136 valence electrons. The van der Waals surface area contributed by atoms with Crippen LogP contribution < -0.4 is 24.8 Å². The molecule has 0 aromatic carbocycles. The molecule has 0 bridgehead atoms. The Kier molecular flexibility index (Phi) is 38.3. The first-order valence-electron chi connectivity index (χ1n) is 6.62. The van der Waals surface area contributed by atoms with Gasteiger partial charge in [0, 0.05) is 0 Å². The second kappa shape index (κ2) is 22.6. The molecule has 0 saturated heterocycles. The summed E-state index contributed by atoms with van der Waals surface area (Å²) in [6, 6.07) is 0. The Morgan fingerprint density at radius 1 is 1.04 bits per heavy atom. The molecule has 0 saturated carbocycles. The summed E-state index contributed by atoms with van der Waals surface area (Å²) < 4.78 is 0. The average Bonchev–Trinajstić information content (AvgIpc) is 2.46. The Bertz CT molecular complexity index is 358. The maximum absolute atomic E-state index is 3.36. The Morgan fingerprint density at radius 3 is 2.00 bits per heavy atom. The van der Waals surface area contributed by atoms with Crippen LogP contribution in [0.25, 0.3) is 0 Å². The molecule has 1 atom stereocenters. The monoisotopic (exact) mass is 450 g/mol. The van der Waals surface area contributed by atoms with Crippen LogP contribution in [0.5, 0.6) is 0 Å². The standard InChI is InChI=1S/C9H13.C8H11.2CH3.2ClH.H4Si.Zr/c1-6-5-7(2)9(4)8(6)3;1-2-4-6-8-7-5-3-1;;;;;;/h6H,1-4H3;1-3H,4,6-8H2;2*1H3;2*1H;1H4;/q4*-1;;;;+2/p-2/b;2-1-;;;;;;. The summed E-state index contributed by atoms with van der Waals surface area (Å²) >= 11 is 0. The van der Waals surface area contributed by atoms with Crippen molar-refractivity contribution in [2.45, 2.75) is 53.4 Å². The van der Waals surface area contributed by atoms with E-state index in [0.29, 0.717) is 5.92 Å². The maximum Gasteiger partial charge on any atom is 2.00 e. The first-order chi connectivity index (χ1) is 8.13. The van der Waals surface area contributed by atoms with Crippen molar-refractivity contribution in [3.63, 3.8) is 0 Å². The van der Waals surface area contributed by atoms with Crippen LogP contribution in [0.3, 0.4) is 0 Å². The third kappa shape index (κ3) is 15.9. The van der Waals surface area contributed by atoms with Gasteiger partial charge < -0.3 is 39.7 Å². The molecule has 23 heavy (non-hydrogen) atoms. The van der Waals surface area contributed by atoms with E-state index in [1.807, 2.05) is 6.08 Å². The summed E-state index contributed by atoms with van der Waals surface area (Å²) in [6.07, 6.45) is 17.9. The van der Waals surface area contributed by atoms with Gasteiger partial charge in [-0.3, -0.25) is 12.2 Å². The van der Waals surface area contributed by atoms with E-state index in [1.165, 1.54) is 36.0 Å². The molecule has 2 aliphatic rings. The molecule has 0 aromatic rings. The topological polar surface area (TPSA) is 0 Å². The van der Waals surface area contributed by atoms with Crippen molar-refractivity contribution >= 4 is 11.0 Å². The van der Waals surface area contributed by atoms with E-state index in [-0.39, 0.29) is 76.8 Å². The molecule has 0 nitrogen and oxygen atoms in total. The smallest absolute Gasteiger partial charge is 1.00 e. The molecular weight excluding hydrogens is 418 g/mol. The third-order valence-corrected chi connectivity index (χ3v) is 3.53. The molecular formula is C19H34Cl2SiZr-4. The van der Waals surface area contributed by atoms with E-state index in [2.05, 4.69) is 52.0 Å². The molecule has 0 heterocycles. The second-order valence-electron chi connectivity index (χ2n) is 4.84. The van der Waals surface area contributed by atoms with E-state index in [0.717, 1.165) is 6.42 Å².